The fourth-order valence-electron chi connectivity index (χ4n) is 2.10. The molecule has 3 aromatic rings. The van der Waals surface area contributed by atoms with E-state index in [1.165, 1.54) is 0 Å². The molecule has 20 heavy (non-hydrogen) atoms. The van der Waals surface area contributed by atoms with Crippen LogP contribution >= 0.6 is 0 Å². The Balaban J connectivity index is 2.13. The molecule has 6 heteroatoms. The monoisotopic (exact) mass is 267 g/mol. The van der Waals surface area contributed by atoms with Gasteiger partial charge in [0.25, 0.3) is 0 Å². The Hall–Kier alpha value is -2.76. The van der Waals surface area contributed by atoms with Crippen LogP contribution in [-0.4, -0.2) is 25.8 Å². The van der Waals surface area contributed by atoms with Crippen LogP contribution < -0.4 is 5.73 Å². The summed E-state index contributed by atoms with van der Waals surface area (Å²) >= 11 is 0. The first-order chi connectivity index (χ1) is 9.65. The molecule has 1 atom stereocenters. The number of nitrogens with zero attached hydrogens (tertiary/aromatic N) is 3. The van der Waals surface area contributed by atoms with Crippen molar-refractivity contribution in [2.24, 2.45) is 5.73 Å². The highest BCUT2D eigenvalue weighted by Crippen LogP contribution is 2.21. The van der Waals surface area contributed by atoms with Crippen LogP contribution in [0.2, 0.25) is 0 Å². The maximum atomic E-state index is 11.8. The molecule has 0 spiro atoms. The molecule has 1 aromatic carbocycles. The van der Waals surface area contributed by atoms with E-state index in [2.05, 4.69) is 19.9 Å². The van der Waals surface area contributed by atoms with Gasteiger partial charge in [-0.05, 0) is 25.1 Å². The van der Waals surface area contributed by atoms with Crippen molar-refractivity contribution in [2.45, 2.75) is 12.8 Å². The quantitative estimate of drug-likeness (QED) is 0.746. The van der Waals surface area contributed by atoms with Gasteiger partial charge >= 0.3 is 0 Å². The summed E-state index contributed by atoms with van der Waals surface area (Å²) in [4.78, 5) is 27.7. The van der Waals surface area contributed by atoms with Gasteiger partial charge in [-0.1, -0.05) is 12.1 Å². The predicted molar refractivity (Wildman–Crippen MR) is 73.9 cm³/mol. The van der Waals surface area contributed by atoms with Crippen molar-refractivity contribution in [1.29, 1.82) is 0 Å². The largest absolute Gasteiger partial charge is 0.369 e. The number of aromatic nitrogens is 4. The smallest absolute Gasteiger partial charge is 0.235 e. The Bertz CT molecular complexity index is 747. The molecule has 0 fully saturated rings. The molecule has 1 unspecified atom stereocenters. The number of nitrogens with one attached hydrogen (secondary N) is 1. The lowest BCUT2D eigenvalue weighted by Crippen LogP contribution is -2.25. The summed E-state index contributed by atoms with van der Waals surface area (Å²) in [5, 5.41) is 0. The Morgan fingerprint density at radius 2 is 2.05 bits per heavy atom. The molecule has 0 saturated carbocycles. The third-order valence-electron chi connectivity index (χ3n) is 3.04. The SMILES string of the molecule is Cc1ccnc(C(C(N)=O)c2nc3ccccc3[nH]2)n1. The number of carbonyl (C=O) groups is 1. The maximum absolute atomic E-state index is 11.8. The molecule has 6 nitrogen and oxygen atoms in total. The van der Waals surface area contributed by atoms with Crippen molar-refractivity contribution >= 4 is 16.9 Å². The number of primary amides is 1. The number of rotatable bonds is 3. The molecule has 0 aliphatic rings. The Morgan fingerprint density at radius 1 is 1.25 bits per heavy atom. The average Bonchev–Trinajstić information content (AvgIpc) is 2.81. The number of carbonyl (C=O) groups excluding carboxylic acids is 1. The van der Waals surface area contributed by atoms with Crippen LogP contribution in [0.1, 0.15) is 23.3 Å². The maximum Gasteiger partial charge on any atom is 0.235 e. The van der Waals surface area contributed by atoms with Gasteiger partial charge in [-0.25, -0.2) is 15.0 Å². The summed E-state index contributed by atoms with van der Waals surface area (Å²) in [5.41, 5.74) is 7.90. The highest BCUT2D eigenvalue weighted by molar-refractivity contribution is 5.85. The second kappa shape index (κ2) is 4.73. The van der Waals surface area contributed by atoms with Crippen molar-refractivity contribution in [3.63, 3.8) is 0 Å². The third-order valence-corrected chi connectivity index (χ3v) is 3.04. The summed E-state index contributed by atoms with van der Waals surface area (Å²) in [6.45, 7) is 1.84. The second-order valence-corrected chi connectivity index (χ2v) is 4.53. The molecule has 0 bridgehead atoms. The van der Waals surface area contributed by atoms with Gasteiger partial charge in [-0.3, -0.25) is 4.79 Å². The molecule has 100 valence electrons. The van der Waals surface area contributed by atoms with Gasteiger partial charge in [0.05, 0.1) is 11.0 Å². The van der Waals surface area contributed by atoms with E-state index in [0.717, 1.165) is 16.7 Å². The van der Waals surface area contributed by atoms with Crippen LogP contribution in [0, 0.1) is 6.92 Å². The summed E-state index contributed by atoms with van der Waals surface area (Å²) < 4.78 is 0. The van der Waals surface area contributed by atoms with E-state index in [9.17, 15) is 4.79 Å². The average molecular weight is 267 g/mol. The molecule has 0 aliphatic heterocycles. The minimum absolute atomic E-state index is 0.358. The molecule has 0 aliphatic carbocycles. The fourth-order valence-corrected chi connectivity index (χ4v) is 2.10. The van der Waals surface area contributed by atoms with Crippen LogP contribution in [0.3, 0.4) is 0 Å². The van der Waals surface area contributed by atoms with E-state index in [4.69, 9.17) is 5.73 Å². The van der Waals surface area contributed by atoms with Crippen LogP contribution in [-0.2, 0) is 4.79 Å². The number of H-pyrrole nitrogens is 1. The van der Waals surface area contributed by atoms with E-state index in [1.54, 1.807) is 12.3 Å². The summed E-state index contributed by atoms with van der Waals surface area (Å²) in [5.74, 6) is -0.488. The van der Waals surface area contributed by atoms with Crippen LogP contribution in [0.5, 0.6) is 0 Å². The highest BCUT2D eigenvalue weighted by Gasteiger charge is 2.26. The van der Waals surface area contributed by atoms with Gasteiger partial charge in [-0.2, -0.15) is 0 Å². The van der Waals surface area contributed by atoms with E-state index < -0.39 is 11.8 Å². The number of aromatic amines is 1. The molecule has 3 N–H and O–H groups in total. The van der Waals surface area contributed by atoms with Gasteiger partial charge in [0.1, 0.15) is 11.6 Å². The lowest BCUT2D eigenvalue weighted by Gasteiger charge is -2.09. The molecule has 2 heterocycles. The van der Waals surface area contributed by atoms with Crippen LogP contribution in [0.4, 0.5) is 0 Å². The van der Waals surface area contributed by atoms with Crippen molar-refractivity contribution < 1.29 is 4.79 Å². The van der Waals surface area contributed by atoms with Crippen LogP contribution in [0.25, 0.3) is 11.0 Å². The zero-order chi connectivity index (χ0) is 14.1. The number of amides is 1. The first kappa shape index (κ1) is 12.3. The number of nitrogens with two attached hydrogens (primary N) is 1. The molecule has 2 aromatic heterocycles. The number of para-hydroxylation sites is 2. The van der Waals surface area contributed by atoms with Gasteiger partial charge in [-0.15, -0.1) is 0 Å². The topological polar surface area (TPSA) is 97.5 Å². The minimum Gasteiger partial charge on any atom is -0.369 e. The number of hydrogen-bond donors (Lipinski definition) is 2. The van der Waals surface area contributed by atoms with E-state index in [1.807, 2.05) is 31.2 Å². The summed E-state index contributed by atoms with van der Waals surface area (Å²) in [7, 11) is 0. The van der Waals surface area contributed by atoms with Gasteiger partial charge < -0.3 is 10.7 Å². The molecule has 1 amide bonds. The summed E-state index contributed by atoms with van der Waals surface area (Å²) in [6.07, 6.45) is 1.61. The van der Waals surface area contributed by atoms with E-state index in [-0.39, 0.29) is 0 Å². The fraction of sp³-hybridized carbons (Fsp3) is 0.143. The van der Waals surface area contributed by atoms with Crippen molar-refractivity contribution in [3.8, 4) is 0 Å². The first-order valence-corrected chi connectivity index (χ1v) is 6.18. The normalized spacial score (nSPS) is 12.4. The lowest BCUT2D eigenvalue weighted by atomic mass is 10.1. The number of imidazole rings is 1. The number of aryl methyl sites for hydroxylation is 1. The van der Waals surface area contributed by atoms with Crippen molar-refractivity contribution in [2.75, 3.05) is 0 Å². The Morgan fingerprint density at radius 3 is 2.75 bits per heavy atom. The highest BCUT2D eigenvalue weighted by atomic mass is 16.1. The number of benzene rings is 1. The molecule has 0 saturated heterocycles. The van der Waals surface area contributed by atoms with E-state index >= 15 is 0 Å². The molecule has 0 radical (unpaired) electrons. The minimum atomic E-state index is -0.776. The lowest BCUT2D eigenvalue weighted by molar-refractivity contribution is -0.118. The summed E-state index contributed by atoms with van der Waals surface area (Å²) in [6, 6.07) is 9.30. The number of hydrogen-bond acceptors (Lipinski definition) is 4. The second-order valence-electron chi connectivity index (χ2n) is 4.53. The third kappa shape index (κ3) is 2.11. The zero-order valence-electron chi connectivity index (χ0n) is 10.9. The molecular formula is C14H13N5O. The van der Waals surface area contributed by atoms with Crippen LogP contribution in [0.15, 0.2) is 36.5 Å². The standard InChI is InChI=1S/C14H13N5O/c1-8-6-7-16-13(17-8)11(12(15)20)14-18-9-4-2-3-5-10(9)19-14/h2-7,11H,1H3,(H2,15,20)(H,18,19). The zero-order valence-corrected chi connectivity index (χ0v) is 10.9. The Kier molecular flexibility index (Phi) is 2.90. The predicted octanol–water partition coefficient (Wildman–Crippen LogP) is 1.28. The Labute approximate surface area is 115 Å². The van der Waals surface area contributed by atoms with Gasteiger partial charge in [0.15, 0.2) is 5.92 Å². The van der Waals surface area contributed by atoms with Gasteiger partial charge in [0.2, 0.25) is 5.91 Å². The number of fused-ring (bicyclic) bond motifs is 1. The van der Waals surface area contributed by atoms with E-state index in [0.29, 0.717) is 11.6 Å². The van der Waals surface area contributed by atoms with Crippen molar-refractivity contribution in [3.05, 3.63) is 53.9 Å². The first-order valence-electron chi connectivity index (χ1n) is 6.18. The molecular weight excluding hydrogens is 254 g/mol. The van der Waals surface area contributed by atoms with Gasteiger partial charge in [0, 0.05) is 11.9 Å². The molecule has 3 rings (SSSR count). The van der Waals surface area contributed by atoms with Crippen molar-refractivity contribution in [1.82, 2.24) is 19.9 Å².